The summed E-state index contributed by atoms with van der Waals surface area (Å²) < 4.78 is 9.39. The van der Waals surface area contributed by atoms with E-state index in [-0.39, 0.29) is 0 Å². The minimum Gasteiger partial charge on any atom is -0.480 e. The van der Waals surface area contributed by atoms with E-state index in [1.807, 2.05) is 46.7 Å². The van der Waals surface area contributed by atoms with Gasteiger partial charge in [0.15, 0.2) is 5.82 Å². The number of benzene rings is 1. The van der Waals surface area contributed by atoms with E-state index in [0.717, 1.165) is 42.2 Å². The number of pyridine rings is 1. The minimum atomic E-state index is 0.295. The third-order valence-electron chi connectivity index (χ3n) is 5.55. The molecule has 1 atom stereocenters. The highest BCUT2D eigenvalue weighted by Gasteiger charge is 2.25. The van der Waals surface area contributed by atoms with Crippen molar-refractivity contribution in [2.45, 2.75) is 32.2 Å². The van der Waals surface area contributed by atoms with Gasteiger partial charge in [-0.25, -0.2) is 19.6 Å². The van der Waals surface area contributed by atoms with Gasteiger partial charge >= 0.3 is 0 Å². The molecule has 156 valence electrons. The Kier molecular flexibility index (Phi) is 5.08. The molecule has 3 aromatic heterocycles. The fourth-order valence-electron chi connectivity index (χ4n) is 4.05. The number of aromatic nitrogens is 6. The molecule has 4 heterocycles. The molecule has 0 radical (unpaired) electrons. The van der Waals surface area contributed by atoms with Crippen LogP contribution in [-0.4, -0.2) is 36.4 Å². The largest absolute Gasteiger partial charge is 0.480 e. The molecule has 0 saturated heterocycles. The zero-order chi connectivity index (χ0) is 21.2. The highest BCUT2D eigenvalue weighted by molar-refractivity contribution is 5.68. The van der Waals surface area contributed by atoms with E-state index in [2.05, 4.69) is 34.2 Å². The van der Waals surface area contributed by atoms with Gasteiger partial charge in [0.25, 0.3) is 0 Å². The lowest BCUT2D eigenvalue weighted by Gasteiger charge is -2.22. The number of imidazole rings is 1. The Morgan fingerprint density at radius 2 is 2.00 bits per heavy atom. The molecule has 4 aromatic rings. The van der Waals surface area contributed by atoms with Gasteiger partial charge in [-0.15, -0.1) is 0 Å². The Labute approximate surface area is 181 Å². The van der Waals surface area contributed by atoms with Gasteiger partial charge in [0.2, 0.25) is 5.88 Å². The second-order valence-electron chi connectivity index (χ2n) is 7.71. The van der Waals surface area contributed by atoms with Crippen molar-refractivity contribution in [3.63, 3.8) is 0 Å². The van der Waals surface area contributed by atoms with Crippen molar-refractivity contribution in [1.29, 1.82) is 0 Å². The van der Waals surface area contributed by atoms with Crippen LogP contribution < -0.4 is 4.74 Å². The summed E-state index contributed by atoms with van der Waals surface area (Å²) in [5, 5.41) is 4.72. The van der Waals surface area contributed by atoms with Gasteiger partial charge in [-0.1, -0.05) is 30.3 Å². The summed E-state index contributed by atoms with van der Waals surface area (Å²) in [6.07, 6.45) is 11.6. The molecule has 0 fully saturated rings. The molecule has 5 rings (SSSR count). The maximum atomic E-state index is 5.42. The first-order chi connectivity index (χ1) is 15.2. The van der Waals surface area contributed by atoms with Crippen LogP contribution in [0.4, 0.5) is 0 Å². The molecule has 0 amide bonds. The number of methoxy groups -OCH3 is 1. The van der Waals surface area contributed by atoms with Gasteiger partial charge in [-0.05, 0) is 49.1 Å². The molecular formula is C24H24N6O. The van der Waals surface area contributed by atoms with Crippen LogP contribution >= 0.6 is 0 Å². The van der Waals surface area contributed by atoms with Gasteiger partial charge in [-0.2, -0.15) is 5.10 Å². The summed E-state index contributed by atoms with van der Waals surface area (Å²) in [5.41, 5.74) is 4.01. The standard InChI is InChI=1S/C24H24N6O/c1-17-15-29(16-26-17)21-13-18(14-25-24(21)31-2)10-11-22-27-23-20(9-6-12-30(23)28-22)19-7-4-3-5-8-19/h3-5,7-8,10-11,13-16,20H,6,9,12H2,1-2H3/b11-10+/t20-/m0/s1. The molecule has 0 unspecified atom stereocenters. The number of ether oxygens (including phenoxy) is 1. The van der Waals surface area contributed by atoms with Crippen molar-refractivity contribution >= 4 is 12.2 Å². The Balaban J connectivity index is 1.43. The third-order valence-corrected chi connectivity index (χ3v) is 5.55. The summed E-state index contributed by atoms with van der Waals surface area (Å²) in [5.74, 6) is 2.60. The SMILES string of the molecule is COc1ncc(/C=C/c2nc3n(n2)CCC[C@H]3c2ccccc2)cc1-n1cnc(C)c1. The average molecular weight is 412 g/mol. The highest BCUT2D eigenvalue weighted by atomic mass is 16.5. The quantitative estimate of drug-likeness (QED) is 0.489. The Hall–Kier alpha value is -3.74. The summed E-state index contributed by atoms with van der Waals surface area (Å²) in [4.78, 5) is 13.6. The predicted molar refractivity (Wildman–Crippen MR) is 119 cm³/mol. The zero-order valence-corrected chi connectivity index (χ0v) is 17.6. The molecule has 1 aliphatic heterocycles. The molecular weight excluding hydrogens is 388 g/mol. The van der Waals surface area contributed by atoms with Crippen molar-refractivity contribution in [2.24, 2.45) is 0 Å². The number of aryl methyl sites for hydroxylation is 2. The molecule has 7 heteroatoms. The van der Waals surface area contributed by atoms with Crippen LogP contribution in [-0.2, 0) is 6.54 Å². The van der Waals surface area contributed by atoms with Gasteiger partial charge in [-0.3, -0.25) is 0 Å². The molecule has 31 heavy (non-hydrogen) atoms. The number of hydrogen-bond donors (Lipinski definition) is 0. The molecule has 1 aromatic carbocycles. The normalized spacial score (nSPS) is 15.9. The van der Waals surface area contributed by atoms with Crippen molar-refractivity contribution in [3.05, 3.63) is 83.6 Å². The van der Waals surface area contributed by atoms with E-state index < -0.39 is 0 Å². The summed E-state index contributed by atoms with van der Waals surface area (Å²) >= 11 is 0. The van der Waals surface area contributed by atoms with Gasteiger partial charge < -0.3 is 9.30 Å². The van der Waals surface area contributed by atoms with Crippen molar-refractivity contribution in [1.82, 2.24) is 29.3 Å². The number of nitrogens with zero attached hydrogens (tertiary/aromatic N) is 6. The second-order valence-corrected chi connectivity index (χ2v) is 7.71. The van der Waals surface area contributed by atoms with Crippen LogP contribution in [0.15, 0.2) is 55.1 Å². The van der Waals surface area contributed by atoms with Crippen LogP contribution in [0.25, 0.3) is 17.8 Å². The maximum Gasteiger partial charge on any atom is 0.238 e. The average Bonchev–Trinajstić information content (AvgIpc) is 3.43. The first-order valence-electron chi connectivity index (χ1n) is 10.4. The minimum absolute atomic E-state index is 0.295. The van der Waals surface area contributed by atoms with Crippen molar-refractivity contribution < 1.29 is 4.74 Å². The summed E-state index contributed by atoms with van der Waals surface area (Å²) in [6, 6.07) is 12.6. The first-order valence-corrected chi connectivity index (χ1v) is 10.4. The van der Waals surface area contributed by atoms with Gasteiger partial charge in [0, 0.05) is 24.9 Å². The number of fused-ring (bicyclic) bond motifs is 1. The lowest BCUT2D eigenvalue weighted by Crippen LogP contribution is -2.17. The second kappa shape index (κ2) is 8.18. The van der Waals surface area contributed by atoms with E-state index >= 15 is 0 Å². The Morgan fingerprint density at radius 1 is 1.13 bits per heavy atom. The van der Waals surface area contributed by atoms with Gasteiger partial charge in [0.05, 0.1) is 19.1 Å². The number of hydrogen-bond acceptors (Lipinski definition) is 5. The fraction of sp³-hybridized carbons (Fsp3) is 0.250. The summed E-state index contributed by atoms with van der Waals surface area (Å²) in [6.45, 7) is 2.86. The van der Waals surface area contributed by atoms with E-state index in [0.29, 0.717) is 17.6 Å². The monoisotopic (exact) mass is 412 g/mol. The van der Waals surface area contributed by atoms with Crippen molar-refractivity contribution in [2.75, 3.05) is 7.11 Å². The zero-order valence-electron chi connectivity index (χ0n) is 17.6. The Morgan fingerprint density at radius 3 is 2.77 bits per heavy atom. The van der Waals surface area contributed by atoms with E-state index in [9.17, 15) is 0 Å². The maximum absolute atomic E-state index is 5.42. The molecule has 0 bridgehead atoms. The van der Waals surface area contributed by atoms with Gasteiger partial charge in [0.1, 0.15) is 11.5 Å². The fourth-order valence-corrected chi connectivity index (χ4v) is 4.05. The van der Waals surface area contributed by atoms with E-state index in [4.69, 9.17) is 14.8 Å². The van der Waals surface area contributed by atoms with Crippen LogP contribution in [0.2, 0.25) is 0 Å². The molecule has 0 spiro atoms. The van der Waals surface area contributed by atoms with Crippen LogP contribution in [0.3, 0.4) is 0 Å². The van der Waals surface area contributed by atoms with Crippen molar-refractivity contribution in [3.8, 4) is 11.6 Å². The van der Waals surface area contributed by atoms with Crippen LogP contribution in [0, 0.1) is 6.92 Å². The smallest absolute Gasteiger partial charge is 0.238 e. The Bertz CT molecular complexity index is 1220. The van der Waals surface area contributed by atoms with Crippen LogP contribution in [0.5, 0.6) is 5.88 Å². The summed E-state index contributed by atoms with van der Waals surface area (Å²) in [7, 11) is 1.62. The lowest BCUT2D eigenvalue weighted by atomic mass is 9.91. The molecule has 0 saturated carbocycles. The van der Waals surface area contributed by atoms with E-state index in [1.165, 1.54) is 5.56 Å². The molecule has 1 aliphatic rings. The molecule has 0 aliphatic carbocycles. The highest BCUT2D eigenvalue weighted by Crippen LogP contribution is 2.32. The molecule has 7 nitrogen and oxygen atoms in total. The number of rotatable bonds is 5. The predicted octanol–water partition coefficient (Wildman–Crippen LogP) is 4.27. The topological polar surface area (TPSA) is 70.7 Å². The first kappa shape index (κ1) is 19.2. The molecule has 0 N–H and O–H groups in total. The lowest BCUT2D eigenvalue weighted by molar-refractivity contribution is 0.396. The van der Waals surface area contributed by atoms with Crippen LogP contribution in [0.1, 0.15) is 47.2 Å². The third kappa shape index (κ3) is 3.86. The van der Waals surface area contributed by atoms with E-state index in [1.54, 1.807) is 19.6 Å².